The molecule has 1 aromatic heterocycles. The van der Waals surface area contributed by atoms with Gasteiger partial charge in [0.15, 0.2) is 0 Å². The maximum atomic E-state index is 4.18. The van der Waals surface area contributed by atoms with Crippen molar-refractivity contribution in [2.75, 3.05) is 13.1 Å². The highest BCUT2D eigenvalue weighted by Crippen LogP contribution is 2.19. The highest BCUT2D eigenvalue weighted by atomic mass is 15.3. The van der Waals surface area contributed by atoms with Crippen LogP contribution in [0.15, 0.2) is 18.5 Å². The number of nitrogens with zero attached hydrogens (tertiary/aromatic N) is 2. The van der Waals surface area contributed by atoms with Crippen molar-refractivity contribution < 1.29 is 0 Å². The largest absolute Gasteiger partial charge is 0.315 e. The molecular weight excluding hydrogens is 198 g/mol. The Morgan fingerprint density at radius 3 is 2.38 bits per heavy atom. The molecule has 1 aromatic rings. The average Bonchev–Trinajstić information content (AvgIpc) is 2.68. The smallest absolute Gasteiger partial charge is 0.0533 e. The SMILES string of the molecule is CC(C)C(CNCCn1cccn1)C(C)C. The molecule has 0 radical (unpaired) electrons. The zero-order chi connectivity index (χ0) is 12.0. The Morgan fingerprint density at radius 2 is 1.88 bits per heavy atom. The van der Waals surface area contributed by atoms with E-state index in [9.17, 15) is 0 Å². The first kappa shape index (κ1) is 13.2. The Bertz CT molecular complexity index is 257. The highest BCUT2D eigenvalue weighted by Gasteiger charge is 2.16. The van der Waals surface area contributed by atoms with E-state index in [2.05, 4.69) is 38.1 Å². The van der Waals surface area contributed by atoms with Gasteiger partial charge in [0.2, 0.25) is 0 Å². The predicted octanol–water partition coefficient (Wildman–Crippen LogP) is 2.40. The Kier molecular flexibility index (Phi) is 5.53. The molecular formula is C13H25N3. The van der Waals surface area contributed by atoms with Crippen molar-refractivity contribution in [3.05, 3.63) is 18.5 Å². The lowest BCUT2D eigenvalue weighted by molar-refractivity contribution is 0.274. The maximum absolute atomic E-state index is 4.18. The van der Waals surface area contributed by atoms with Crippen molar-refractivity contribution in [2.24, 2.45) is 17.8 Å². The standard InChI is InChI=1S/C13H25N3/c1-11(2)13(12(3)4)10-14-7-9-16-8-5-6-15-16/h5-6,8,11-14H,7,9-10H2,1-4H3. The van der Waals surface area contributed by atoms with Gasteiger partial charge in [-0.1, -0.05) is 27.7 Å². The van der Waals surface area contributed by atoms with E-state index in [0.717, 1.165) is 37.4 Å². The van der Waals surface area contributed by atoms with Crippen LogP contribution in [0.5, 0.6) is 0 Å². The van der Waals surface area contributed by atoms with Crippen molar-refractivity contribution in [2.45, 2.75) is 34.2 Å². The lowest BCUT2D eigenvalue weighted by Crippen LogP contribution is -2.31. The fourth-order valence-corrected chi connectivity index (χ4v) is 2.14. The van der Waals surface area contributed by atoms with Crippen molar-refractivity contribution in [1.29, 1.82) is 0 Å². The second-order valence-corrected chi connectivity index (χ2v) is 5.13. The van der Waals surface area contributed by atoms with Crippen LogP contribution in [-0.2, 0) is 6.54 Å². The summed E-state index contributed by atoms with van der Waals surface area (Å²) < 4.78 is 1.97. The van der Waals surface area contributed by atoms with Gasteiger partial charge in [-0.05, 0) is 30.4 Å². The van der Waals surface area contributed by atoms with Gasteiger partial charge in [0.1, 0.15) is 0 Å². The third-order valence-corrected chi connectivity index (χ3v) is 3.17. The van der Waals surface area contributed by atoms with Gasteiger partial charge in [0, 0.05) is 18.9 Å². The van der Waals surface area contributed by atoms with Crippen LogP contribution >= 0.6 is 0 Å². The minimum atomic E-state index is 0.747. The Labute approximate surface area is 99.2 Å². The van der Waals surface area contributed by atoms with Gasteiger partial charge in [0.05, 0.1) is 6.54 Å². The summed E-state index contributed by atoms with van der Waals surface area (Å²) in [5.41, 5.74) is 0. The molecule has 0 aliphatic heterocycles. The Balaban J connectivity index is 2.18. The highest BCUT2D eigenvalue weighted by molar-refractivity contribution is 4.78. The molecule has 1 rings (SSSR count). The molecule has 1 N–H and O–H groups in total. The van der Waals surface area contributed by atoms with Gasteiger partial charge in [0.25, 0.3) is 0 Å². The summed E-state index contributed by atoms with van der Waals surface area (Å²) >= 11 is 0. The minimum absolute atomic E-state index is 0.747. The van der Waals surface area contributed by atoms with Crippen LogP contribution in [0.1, 0.15) is 27.7 Å². The van der Waals surface area contributed by atoms with Gasteiger partial charge in [-0.2, -0.15) is 5.10 Å². The fraction of sp³-hybridized carbons (Fsp3) is 0.769. The van der Waals surface area contributed by atoms with Crippen molar-refractivity contribution in [3.63, 3.8) is 0 Å². The average molecular weight is 223 g/mol. The summed E-state index contributed by atoms with van der Waals surface area (Å²) in [7, 11) is 0. The molecule has 3 nitrogen and oxygen atoms in total. The summed E-state index contributed by atoms with van der Waals surface area (Å²) in [6.07, 6.45) is 3.83. The van der Waals surface area contributed by atoms with E-state index in [1.165, 1.54) is 0 Å². The van der Waals surface area contributed by atoms with Crippen LogP contribution in [0.2, 0.25) is 0 Å². The third kappa shape index (κ3) is 4.35. The fourth-order valence-electron chi connectivity index (χ4n) is 2.14. The number of aromatic nitrogens is 2. The first-order chi connectivity index (χ1) is 7.61. The molecule has 0 aliphatic carbocycles. The van der Waals surface area contributed by atoms with Gasteiger partial charge in [-0.15, -0.1) is 0 Å². The van der Waals surface area contributed by atoms with Crippen molar-refractivity contribution >= 4 is 0 Å². The predicted molar refractivity (Wildman–Crippen MR) is 68.3 cm³/mol. The lowest BCUT2D eigenvalue weighted by Gasteiger charge is -2.25. The number of hydrogen-bond donors (Lipinski definition) is 1. The number of nitrogens with one attached hydrogen (secondary N) is 1. The summed E-state index contributed by atoms with van der Waals surface area (Å²) in [6.45, 7) is 12.3. The van der Waals surface area contributed by atoms with E-state index in [4.69, 9.17) is 0 Å². The quantitative estimate of drug-likeness (QED) is 0.719. The number of hydrogen-bond acceptors (Lipinski definition) is 2. The van der Waals surface area contributed by atoms with Gasteiger partial charge < -0.3 is 5.32 Å². The molecule has 0 fully saturated rings. The van der Waals surface area contributed by atoms with E-state index in [1.807, 2.05) is 23.1 Å². The van der Waals surface area contributed by atoms with Gasteiger partial charge in [-0.3, -0.25) is 4.68 Å². The van der Waals surface area contributed by atoms with Crippen molar-refractivity contribution in [1.82, 2.24) is 15.1 Å². The van der Waals surface area contributed by atoms with E-state index >= 15 is 0 Å². The van der Waals surface area contributed by atoms with E-state index in [0.29, 0.717) is 0 Å². The summed E-state index contributed by atoms with van der Waals surface area (Å²) in [5.74, 6) is 2.26. The van der Waals surface area contributed by atoms with E-state index in [-0.39, 0.29) is 0 Å². The monoisotopic (exact) mass is 223 g/mol. The first-order valence-corrected chi connectivity index (χ1v) is 6.29. The molecule has 0 saturated heterocycles. The van der Waals surface area contributed by atoms with Crippen LogP contribution in [0.3, 0.4) is 0 Å². The molecule has 0 spiro atoms. The summed E-state index contributed by atoms with van der Waals surface area (Å²) in [6, 6.07) is 1.96. The Morgan fingerprint density at radius 1 is 1.19 bits per heavy atom. The zero-order valence-electron chi connectivity index (χ0n) is 11.0. The Hall–Kier alpha value is -0.830. The van der Waals surface area contributed by atoms with Crippen LogP contribution in [0, 0.1) is 17.8 Å². The van der Waals surface area contributed by atoms with Crippen LogP contribution in [0.4, 0.5) is 0 Å². The molecule has 1 heterocycles. The third-order valence-electron chi connectivity index (χ3n) is 3.17. The molecule has 0 bridgehead atoms. The van der Waals surface area contributed by atoms with E-state index in [1.54, 1.807) is 0 Å². The summed E-state index contributed by atoms with van der Waals surface area (Å²) in [4.78, 5) is 0. The molecule has 0 unspecified atom stereocenters. The van der Waals surface area contributed by atoms with Crippen LogP contribution in [-0.4, -0.2) is 22.9 Å². The summed E-state index contributed by atoms with van der Waals surface area (Å²) in [5, 5.41) is 7.71. The molecule has 0 saturated carbocycles. The first-order valence-electron chi connectivity index (χ1n) is 6.29. The molecule has 0 aliphatic rings. The van der Waals surface area contributed by atoms with E-state index < -0.39 is 0 Å². The molecule has 0 atom stereocenters. The molecule has 3 heteroatoms. The number of rotatable bonds is 7. The zero-order valence-corrected chi connectivity index (χ0v) is 11.0. The van der Waals surface area contributed by atoms with Crippen molar-refractivity contribution in [3.8, 4) is 0 Å². The second-order valence-electron chi connectivity index (χ2n) is 5.13. The second kappa shape index (κ2) is 6.69. The molecule has 0 amide bonds. The molecule has 0 aromatic carbocycles. The maximum Gasteiger partial charge on any atom is 0.0533 e. The topological polar surface area (TPSA) is 29.9 Å². The van der Waals surface area contributed by atoms with Crippen LogP contribution in [0.25, 0.3) is 0 Å². The lowest BCUT2D eigenvalue weighted by atomic mass is 9.85. The van der Waals surface area contributed by atoms with Gasteiger partial charge >= 0.3 is 0 Å². The minimum Gasteiger partial charge on any atom is -0.315 e. The normalized spacial score (nSPS) is 11.9. The molecule has 92 valence electrons. The molecule has 16 heavy (non-hydrogen) atoms. The van der Waals surface area contributed by atoms with Gasteiger partial charge in [-0.25, -0.2) is 0 Å². The van der Waals surface area contributed by atoms with Crippen LogP contribution < -0.4 is 5.32 Å².